The summed E-state index contributed by atoms with van der Waals surface area (Å²) >= 11 is 1.51. The molecule has 0 amide bonds. The Labute approximate surface area is 106 Å². The number of aromatic nitrogens is 1. The van der Waals surface area contributed by atoms with E-state index in [2.05, 4.69) is 4.98 Å². The normalized spacial score (nSPS) is 11.3. The van der Waals surface area contributed by atoms with Crippen molar-refractivity contribution in [2.24, 2.45) is 0 Å². The van der Waals surface area contributed by atoms with Gasteiger partial charge in [-0.1, -0.05) is 11.3 Å². The molecule has 0 aliphatic heterocycles. The van der Waals surface area contributed by atoms with Gasteiger partial charge in [0.25, 0.3) is 5.19 Å². The van der Waals surface area contributed by atoms with Crippen LogP contribution in [0.3, 0.4) is 0 Å². The van der Waals surface area contributed by atoms with Crippen LogP contribution in [0.2, 0.25) is 0 Å². The zero-order valence-electron chi connectivity index (χ0n) is 10.8. The summed E-state index contributed by atoms with van der Waals surface area (Å²) in [5.74, 6) is -0.144. The number of nitrogens with zero attached hydrogens (tertiary/aromatic N) is 1. The molecule has 0 aliphatic carbocycles. The van der Waals surface area contributed by atoms with Crippen molar-refractivity contribution in [2.45, 2.75) is 45.6 Å². The average Bonchev–Trinajstić information content (AvgIpc) is 2.63. The van der Waals surface area contributed by atoms with Crippen molar-refractivity contribution in [1.29, 1.82) is 0 Å². The maximum Gasteiger partial charge on any atom is 0.306 e. The summed E-state index contributed by atoms with van der Waals surface area (Å²) in [4.78, 5) is 16.7. The number of thiazole rings is 1. The highest BCUT2D eigenvalue weighted by atomic mass is 32.1. The van der Waals surface area contributed by atoms with Gasteiger partial charge in [0.1, 0.15) is 5.60 Å². The van der Waals surface area contributed by atoms with Crippen LogP contribution in [0, 0.1) is 0 Å². The predicted molar refractivity (Wildman–Crippen MR) is 67.4 cm³/mol. The molecule has 1 heterocycles. The van der Waals surface area contributed by atoms with Crippen molar-refractivity contribution in [3.8, 4) is 5.19 Å². The number of rotatable bonds is 5. The molecule has 17 heavy (non-hydrogen) atoms. The van der Waals surface area contributed by atoms with Crippen molar-refractivity contribution < 1.29 is 14.3 Å². The van der Waals surface area contributed by atoms with Gasteiger partial charge in [-0.05, 0) is 33.6 Å². The molecule has 1 rings (SSSR count). The van der Waals surface area contributed by atoms with Gasteiger partial charge in [0, 0.05) is 17.5 Å². The van der Waals surface area contributed by atoms with E-state index in [-0.39, 0.29) is 5.97 Å². The highest BCUT2D eigenvalue weighted by Gasteiger charge is 2.15. The largest absolute Gasteiger partial charge is 0.473 e. The topological polar surface area (TPSA) is 48.4 Å². The van der Waals surface area contributed by atoms with Gasteiger partial charge in [-0.15, -0.1) is 0 Å². The lowest BCUT2D eigenvalue weighted by atomic mass is 10.2. The highest BCUT2D eigenvalue weighted by molar-refractivity contribution is 7.13. The van der Waals surface area contributed by atoms with Crippen molar-refractivity contribution in [3.63, 3.8) is 0 Å². The lowest BCUT2D eigenvalue weighted by Gasteiger charge is -2.19. The standard InChI is InChI=1S/C12H19NO3S/c1-12(2,3)16-10(14)7-5-6-9-8-13-11(15-4)17-9/h8H,5-7H2,1-4H3. The van der Waals surface area contributed by atoms with Crippen LogP contribution >= 0.6 is 11.3 Å². The summed E-state index contributed by atoms with van der Waals surface area (Å²) in [6, 6.07) is 0. The number of methoxy groups -OCH3 is 1. The molecule has 0 N–H and O–H groups in total. The molecule has 0 atom stereocenters. The van der Waals surface area contributed by atoms with Gasteiger partial charge in [-0.3, -0.25) is 4.79 Å². The zero-order chi connectivity index (χ0) is 12.9. The third-order valence-corrected chi connectivity index (χ3v) is 2.95. The second kappa shape index (κ2) is 6.00. The van der Waals surface area contributed by atoms with Crippen LogP contribution < -0.4 is 4.74 Å². The Morgan fingerprint density at radius 3 is 2.71 bits per heavy atom. The molecule has 0 aliphatic rings. The fourth-order valence-corrected chi connectivity index (χ4v) is 2.06. The molecule has 0 spiro atoms. The Morgan fingerprint density at radius 1 is 1.47 bits per heavy atom. The lowest BCUT2D eigenvalue weighted by Crippen LogP contribution is -2.23. The van der Waals surface area contributed by atoms with Crippen LogP contribution in [0.5, 0.6) is 5.19 Å². The van der Waals surface area contributed by atoms with Crippen LogP contribution in [0.4, 0.5) is 0 Å². The number of hydrogen-bond acceptors (Lipinski definition) is 5. The number of aryl methyl sites for hydroxylation is 1. The first-order valence-electron chi connectivity index (χ1n) is 5.61. The fourth-order valence-electron chi connectivity index (χ4n) is 1.30. The first-order valence-corrected chi connectivity index (χ1v) is 6.43. The quantitative estimate of drug-likeness (QED) is 0.761. The molecule has 96 valence electrons. The van der Waals surface area contributed by atoms with Crippen LogP contribution in [0.15, 0.2) is 6.20 Å². The van der Waals surface area contributed by atoms with E-state index in [0.29, 0.717) is 11.6 Å². The minimum absolute atomic E-state index is 0.144. The Bertz CT molecular complexity index is 368. The van der Waals surface area contributed by atoms with E-state index < -0.39 is 5.60 Å². The molecule has 0 saturated carbocycles. The number of carbonyl (C=O) groups is 1. The number of esters is 1. The van der Waals surface area contributed by atoms with Gasteiger partial charge in [0.2, 0.25) is 0 Å². The average molecular weight is 257 g/mol. The van der Waals surface area contributed by atoms with Crippen molar-refractivity contribution >= 4 is 17.3 Å². The monoisotopic (exact) mass is 257 g/mol. The highest BCUT2D eigenvalue weighted by Crippen LogP contribution is 2.21. The summed E-state index contributed by atoms with van der Waals surface area (Å²) in [6.45, 7) is 5.62. The summed E-state index contributed by atoms with van der Waals surface area (Å²) < 4.78 is 10.2. The van der Waals surface area contributed by atoms with Crippen molar-refractivity contribution in [2.75, 3.05) is 7.11 Å². The van der Waals surface area contributed by atoms with Gasteiger partial charge < -0.3 is 9.47 Å². The molecule has 5 heteroatoms. The minimum Gasteiger partial charge on any atom is -0.473 e. The second-order valence-corrected chi connectivity index (χ2v) is 5.81. The first-order chi connectivity index (χ1) is 7.90. The molecule has 4 nitrogen and oxygen atoms in total. The first kappa shape index (κ1) is 14.0. The zero-order valence-corrected chi connectivity index (χ0v) is 11.6. The van der Waals surface area contributed by atoms with Gasteiger partial charge in [-0.2, -0.15) is 0 Å². The van der Waals surface area contributed by atoms with E-state index in [1.54, 1.807) is 13.3 Å². The SMILES string of the molecule is COc1ncc(CCCC(=O)OC(C)(C)C)s1. The summed E-state index contributed by atoms with van der Waals surface area (Å²) in [5, 5.41) is 0.664. The molecule has 0 fully saturated rings. The molecule has 1 aromatic rings. The van der Waals surface area contributed by atoms with E-state index in [9.17, 15) is 4.79 Å². The maximum absolute atomic E-state index is 11.5. The van der Waals surface area contributed by atoms with E-state index in [4.69, 9.17) is 9.47 Å². The molecule has 1 aromatic heterocycles. The lowest BCUT2D eigenvalue weighted by molar-refractivity contribution is -0.154. The summed E-state index contributed by atoms with van der Waals surface area (Å²) in [6.07, 6.45) is 3.84. The molecule has 0 unspecified atom stereocenters. The number of hydrogen-bond donors (Lipinski definition) is 0. The third-order valence-electron chi connectivity index (χ3n) is 1.93. The Hall–Kier alpha value is -1.10. The van der Waals surface area contributed by atoms with E-state index in [0.717, 1.165) is 17.7 Å². The second-order valence-electron chi connectivity index (χ2n) is 4.74. The smallest absolute Gasteiger partial charge is 0.306 e. The van der Waals surface area contributed by atoms with E-state index in [1.807, 2.05) is 20.8 Å². The van der Waals surface area contributed by atoms with Gasteiger partial charge in [0.05, 0.1) is 7.11 Å². The van der Waals surface area contributed by atoms with Crippen LogP contribution in [-0.2, 0) is 16.0 Å². The van der Waals surface area contributed by atoms with Crippen LogP contribution in [-0.4, -0.2) is 23.7 Å². The Morgan fingerprint density at radius 2 is 2.18 bits per heavy atom. The van der Waals surface area contributed by atoms with E-state index in [1.165, 1.54) is 11.3 Å². The van der Waals surface area contributed by atoms with Crippen molar-refractivity contribution in [1.82, 2.24) is 4.98 Å². The van der Waals surface area contributed by atoms with Gasteiger partial charge in [0.15, 0.2) is 0 Å². The molecule has 0 aromatic carbocycles. The predicted octanol–water partition coefficient (Wildman–Crippen LogP) is 2.82. The molecular weight excluding hydrogens is 238 g/mol. The number of ether oxygens (including phenoxy) is 2. The Balaban J connectivity index is 2.26. The summed E-state index contributed by atoms with van der Waals surface area (Å²) in [5.41, 5.74) is -0.398. The third kappa shape index (κ3) is 5.68. The Kier molecular flexibility index (Phi) is 4.93. The van der Waals surface area contributed by atoms with Gasteiger partial charge >= 0.3 is 5.97 Å². The summed E-state index contributed by atoms with van der Waals surface area (Å²) in [7, 11) is 1.60. The van der Waals surface area contributed by atoms with Crippen LogP contribution in [0.25, 0.3) is 0 Å². The molecule has 0 saturated heterocycles. The van der Waals surface area contributed by atoms with Crippen molar-refractivity contribution in [3.05, 3.63) is 11.1 Å². The minimum atomic E-state index is -0.398. The fraction of sp³-hybridized carbons (Fsp3) is 0.667. The van der Waals surface area contributed by atoms with Gasteiger partial charge in [-0.25, -0.2) is 4.98 Å². The number of carbonyl (C=O) groups excluding carboxylic acids is 1. The maximum atomic E-state index is 11.5. The van der Waals surface area contributed by atoms with E-state index >= 15 is 0 Å². The molecule has 0 bridgehead atoms. The molecular formula is C12H19NO3S. The molecule has 0 radical (unpaired) electrons. The van der Waals surface area contributed by atoms with Crippen LogP contribution in [0.1, 0.15) is 38.5 Å².